The second-order valence-corrected chi connectivity index (χ2v) is 5.99. The van der Waals surface area contributed by atoms with Gasteiger partial charge in [0.1, 0.15) is 5.75 Å². The maximum absolute atomic E-state index is 12.1. The molecule has 0 radical (unpaired) electrons. The smallest absolute Gasteiger partial charge is 0.271 e. The van der Waals surface area contributed by atoms with Crippen LogP contribution in [0.3, 0.4) is 0 Å². The molecule has 0 spiro atoms. The van der Waals surface area contributed by atoms with Crippen molar-refractivity contribution in [3.63, 3.8) is 0 Å². The number of carbonyl (C=O) groups excluding carboxylic acids is 1. The number of methoxy groups -OCH3 is 1. The standard InChI is InChI=1S/C20H18N4O4/c1-14-10-15(13-23(14)17-6-8-19(28-2)9-7-17)12-21-22-20(25)16-4-3-5-18(11-16)24(26)27/h3-13H,1-2H3,(H,22,25)/b21-12-. The predicted molar refractivity (Wildman–Crippen MR) is 105 cm³/mol. The zero-order valence-electron chi connectivity index (χ0n) is 15.3. The quantitative estimate of drug-likeness (QED) is 0.403. The van der Waals surface area contributed by atoms with Gasteiger partial charge >= 0.3 is 0 Å². The van der Waals surface area contributed by atoms with E-state index in [9.17, 15) is 14.9 Å². The van der Waals surface area contributed by atoms with Crippen LogP contribution in [0.1, 0.15) is 21.6 Å². The number of nitrogens with one attached hydrogen (secondary N) is 1. The number of non-ortho nitro benzene ring substituents is 1. The molecule has 0 saturated heterocycles. The lowest BCUT2D eigenvalue weighted by molar-refractivity contribution is -0.384. The van der Waals surface area contributed by atoms with E-state index in [1.54, 1.807) is 7.11 Å². The summed E-state index contributed by atoms with van der Waals surface area (Å²) in [5.74, 6) is 0.255. The molecule has 28 heavy (non-hydrogen) atoms. The van der Waals surface area contributed by atoms with Crippen LogP contribution in [0.4, 0.5) is 5.69 Å². The Bertz CT molecular complexity index is 1040. The van der Waals surface area contributed by atoms with E-state index in [1.807, 2.05) is 48.0 Å². The summed E-state index contributed by atoms with van der Waals surface area (Å²) < 4.78 is 7.15. The molecular formula is C20H18N4O4. The molecule has 3 aromatic rings. The van der Waals surface area contributed by atoms with E-state index in [2.05, 4.69) is 10.5 Å². The lowest BCUT2D eigenvalue weighted by atomic mass is 10.2. The Balaban J connectivity index is 1.70. The van der Waals surface area contributed by atoms with Gasteiger partial charge in [0.05, 0.1) is 18.2 Å². The van der Waals surface area contributed by atoms with Crippen LogP contribution in [0.25, 0.3) is 5.69 Å². The van der Waals surface area contributed by atoms with Crippen LogP contribution in [0.2, 0.25) is 0 Å². The summed E-state index contributed by atoms with van der Waals surface area (Å²) in [7, 11) is 1.62. The molecule has 0 fully saturated rings. The first kappa shape index (κ1) is 18.8. The molecule has 8 nitrogen and oxygen atoms in total. The number of hydrogen-bond donors (Lipinski definition) is 1. The highest BCUT2D eigenvalue weighted by Crippen LogP contribution is 2.18. The molecule has 142 valence electrons. The summed E-state index contributed by atoms with van der Waals surface area (Å²) in [5, 5.41) is 14.7. The molecule has 0 atom stereocenters. The maximum atomic E-state index is 12.1. The number of nitrogens with zero attached hydrogens (tertiary/aromatic N) is 3. The van der Waals surface area contributed by atoms with Crippen LogP contribution in [0.5, 0.6) is 5.75 Å². The van der Waals surface area contributed by atoms with Gasteiger partial charge in [-0.2, -0.15) is 5.10 Å². The van der Waals surface area contributed by atoms with Crippen LogP contribution in [0.15, 0.2) is 65.9 Å². The van der Waals surface area contributed by atoms with Gasteiger partial charge in [-0.05, 0) is 43.3 Å². The van der Waals surface area contributed by atoms with Gasteiger partial charge in [0, 0.05) is 40.8 Å². The van der Waals surface area contributed by atoms with Gasteiger partial charge in [-0.3, -0.25) is 14.9 Å². The number of ether oxygens (including phenoxy) is 1. The minimum atomic E-state index is -0.551. The summed E-state index contributed by atoms with van der Waals surface area (Å²) in [6.45, 7) is 1.96. The molecule has 3 rings (SSSR count). The summed E-state index contributed by atoms with van der Waals surface area (Å²) in [6, 6.07) is 15.0. The Kier molecular flexibility index (Phi) is 5.50. The molecule has 8 heteroatoms. The van der Waals surface area contributed by atoms with Crippen molar-refractivity contribution >= 4 is 17.8 Å². The molecule has 0 aliphatic rings. The van der Waals surface area contributed by atoms with Crippen molar-refractivity contribution in [1.82, 2.24) is 9.99 Å². The highest BCUT2D eigenvalue weighted by Gasteiger charge is 2.10. The second-order valence-electron chi connectivity index (χ2n) is 5.99. The number of nitro groups is 1. The van der Waals surface area contributed by atoms with E-state index in [0.29, 0.717) is 0 Å². The SMILES string of the molecule is COc1ccc(-n2cc(/C=N\NC(=O)c3cccc([N+](=O)[O-])c3)cc2C)cc1. The van der Waals surface area contributed by atoms with Crippen LogP contribution >= 0.6 is 0 Å². The van der Waals surface area contributed by atoms with Gasteiger partial charge in [0.25, 0.3) is 11.6 Å². The van der Waals surface area contributed by atoms with E-state index in [4.69, 9.17) is 4.74 Å². The number of hydrazone groups is 1. The molecule has 0 aliphatic heterocycles. The van der Waals surface area contributed by atoms with Crippen LogP contribution in [-0.2, 0) is 0 Å². The van der Waals surface area contributed by atoms with E-state index in [1.165, 1.54) is 30.5 Å². The van der Waals surface area contributed by atoms with Gasteiger partial charge < -0.3 is 9.30 Å². The minimum Gasteiger partial charge on any atom is -0.497 e. The third-order valence-electron chi connectivity index (χ3n) is 4.08. The van der Waals surface area contributed by atoms with Crippen molar-refractivity contribution in [3.05, 3.63) is 87.7 Å². The molecule has 1 amide bonds. The fourth-order valence-electron chi connectivity index (χ4n) is 2.68. The van der Waals surface area contributed by atoms with E-state index < -0.39 is 10.8 Å². The van der Waals surface area contributed by atoms with Gasteiger partial charge in [-0.15, -0.1) is 0 Å². The molecule has 0 aliphatic carbocycles. The largest absolute Gasteiger partial charge is 0.497 e. The van der Waals surface area contributed by atoms with Crippen molar-refractivity contribution in [2.75, 3.05) is 7.11 Å². The summed E-state index contributed by atoms with van der Waals surface area (Å²) in [5.41, 5.74) is 5.16. The number of amides is 1. The number of rotatable bonds is 6. The highest BCUT2D eigenvalue weighted by molar-refractivity contribution is 5.95. The molecule has 0 bridgehead atoms. The molecule has 1 N–H and O–H groups in total. The maximum Gasteiger partial charge on any atom is 0.271 e. The van der Waals surface area contributed by atoms with Crippen molar-refractivity contribution in [2.45, 2.75) is 6.92 Å². The minimum absolute atomic E-state index is 0.149. The van der Waals surface area contributed by atoms with Crippen LogP contribution in [0, 0.1) is 17.0 Å². The molecule has 0 saturated carbocycles. The molecule has 0 unspecified atom stereocenters. The second kappa shape index (κ2) is 8.17. The fourth-order valence-corrected chi connectivity index (χ4v) is 2.68. The third-order valence-corrected chi connectivity index (χ3v) is 4.08. The van der Waals surface area contributed by atoms with Gasteiger partial charge in [-0.1, -0.05) is 6.07 Å². The number of carbonyl (C=O) groups is 1. The Morgan fingerprint density at radius 1 is 1.21 bits per heavy atom. The summed E-state index contributed by atoms with van der Waals surface area (Å²) >= 11 is 0. The highest BCUT2D eigenvalue weighted by atomic mass is 16.6. The van der Waals surface area contributed by atoms with Crippen molar-refractivity contribution in [3.8, 4) is 11.4 Å². The van der Waals surface area contributed by atoms with Crippen LogP contribution in [-0.4, -0.2) is 28.7 Å². The predicted octanol–water partition coefficient (Wildman–Crippen LogP) is 3.47. The molecular weight excluding hydrogens is 360 g/mol. The summed E-state index contributed by atoms with van der Waals surface area (Å²) in [6.07, 6.45) is 3.41. The lowest BCUT2D eigenvalue weighted by Gasteiger charge is -2.06. The first-order valence-corrected chi connectivity index (χ1v) is 8.39. The van der Waals surface area contributed by atoms with Gasteiger partial charge in [-0.25, -0.2) is 5.43 Å². The number of benzene rings is 2. The molecule has 1 aromatic heterocycles. The molecule has 1 heterocycles. The Morgan fingerprint density at radius 2 is 1.96 bits per heavy atom. The Labute approximate surface area is 161 Å². The monoisotopic (exact) mass is 378 g/mol. The number of hydrogen-bond acceptors (Lipinski definition) is 5. The Hall–Kier alpha value is -3.94. The first-order chi connectivity index (χ1) is 13.5. The van der Waals surface area contributed by atoms with Crippen molar-refractivity contribution in [1.29, 1.82) is 0 Å². The van der Waals surface area contributed by atoms with E-state index in [-0.39, 0.29) is 11.3 Å². The number of aromatic nitrogens is 1. The van der Waals surface area contributed by atoms with E-state index in [0.717, 1.165) is 22.7 Å². The van der Waals surface area contributed by atoms with Crippen molar-refractivity contribution < 1.29 is 14.5 Å². The third kappa shape index (κ3) is 4.24. The number of nitro benzene ring substituents is 1. The normalized spacial score (nSPS) is 10.8. The van der Waals surface area contributed by atoms with Crippen LogP contribution < -0.4 is 10.2 Å². The summed E-state index contributed by atoms with van der Waals surface area (Å²) in [4.78, 5) is 22.3. The average molecular weight is 378 g/mol. The average Bonchev–Trinajstić information content (AvgIpc) is 3.08. The zero-order valence-corrected chi connectivity index (χ0v) is 15.3. The molecule has 2 aromatic carbocycles. The topological polar surface area (TPSA) is 98.8 Å². The fraction of sp³-hybridized carbons (Fsp3) is 0.100. The first-order valence-electron chi connectivity index (χ1n) is 8.39. The number of aryl methyl sites for hydroxylation is 1. The van der Waals surface area contributed by atoms with Gasteiger partial charge in [0.15, 0.2) is 0 Å². The van der Waals surface area contributed by atoms with Gasteiger partial charge in [0.2, 0.25) is 0 Å². The zero-order chi connectivity index (χ0) is 20.1. The Morgan fingerprint density at radius 3 is 2.64 bits per heavy atom. The van der Waals surface area contributed by atoms with E-state index >= 15 is 0 Å². The lowest BCUT2D eigenvalue weighted by Crippen LogP contribution is -2.17. The van der Waals surface area contributed by atoms with Crippen molar-refractivity contribution in [2.24, 2.45) is 5.10 Å².